The van der Waals surface area contributed by atoms with E-state index < -0.39 is 0 Å². The third-order valence-electron chi connectivity index (χ3n) is 3.81. The summed E-state index contributed by atoms with van der Waals surface area (Å²) in [6.07, 6.45) is 1.73. The first-order valence-corrected chi connectivity index (χ1v) is 6.77. The van der Waals surface area contributed by atoms with E-state index in [-0.39, 0.29) is 6.04 Å². The summed E-state index contributed by atoms with van der Waals surface area (Å²) in [5.74, 6) is 1.89. The predicted octanol–water partition coefficient (Wildman–Crippen LogP) is 2.74. The van der Waals surface area contributed by atoms with E-state index in [9.17, 15) is 0 Å². The Morgan fingerprint density at radius 1 is 1.32 bits per heavy atom. The highest BCUT2D eigenvalue weighted by Gasteiger charge is 2.19. The van der Waals surface area contributed by atoms with Gasteiger partial charge in [-0.3, -0.25) is 4.68 Å². The standard InChI is InChI=1S/C15H23N3O/c1-6-12-7-13(18(5)17-12)8-14(16)15-9(2)10(3)19-11(15)4/h7,14H,6,8,16H2,1-5H3. The molecule has 2 aromatic heterocycles. The van der Waals surface area contributed by atoms with E-state index in [4.69, 9.17) is 10.2 Å². The number of nitrogens with two attached hydrogens (primary N) is 1. The first kappa shape index (κ1) is 13.9. The van der Waals surface area contributed by atoms with Gasteiger partial charge < -0.3 is 10.2 Å². The maximum absolute atomic E-state index is 6.36. The zero-order valence-electron chi connectivity index (χ0n) is 12.4. The molecular formula is C15H23N3O. The molecule has 4 heteroatoms. The summed E-state index contributed by atoms with van der Waals surface area (Å²) in [6.45, 7) is 8.15. The van der Waals surface area contributed by atoms with Crippen LogP contribution in [0.4, 0.5) is 0 Å². The number of aromatic nitrogens is 2. The second-order valence-electron chi connectivity index (χ2n) is 5.17. The average Bonchev–Trinajstić information content (AvgIpc) is 2.81. The minimum Gasteiger partial charge on any atom is -0.466 e. The first-order chi connectivity index (χ1) is 8.93. The zero-order chi connectivity index (χ0) is 14.2. The molecule has 0 aliphatic heterocycles. The quantitative estimate of drug-likeness (QED) is 0.920. The van der Waals surface area contributed by atoms with Gasteiger partial charge in [0.15, 0.2) is 0 Å². The Hall–Kier alpha value is -1.55. The molecule has 2 heterocycles. The summed E-state index contributed by atoms with van der Waals surface area (Å²) in [6, 6.07) is 2.09. The van der Waals surface area contributed by atoms with Crippen molar-refractivity contribution in [3.8, 4) is 0 Å². The molecule has 1 atom stereocenters. The number of nitrogens with zero attached hydrogens (tertiary/aromatic N) is 2. The van der Waals surface area contributed by atoms with Crippen molar-refractivity contribution >= 4 is 0 Å². The molecule has 0 bridgehead atoms. The van der Waals surface area contributed by atoms with Crippen LogP contribution < -0.4 is 5.73 Å². The van der Waals surface area contributed by atoms with Crippen LogP contribution in [-0.2, 0) is 19.9 Å². The molecule has 0 spiro atoms. The minimum atomic E-state index is -0.0439. The summed E-state index contributed by atoms with van der Waals surface area (Å²) in [4.78, 5) is 0. The van der Waals surface area contributed by atoms with Crippen LogP contribution in [0.5, 0.6) is 0 Å². The largest absolute Gasteiger partial charge is 0.466 e. The molecule has 0 saturated heterocycles. The van der Waals surface area contributed by atoms with Crippen LogP contribution in [0.15, 0.2) is 10.5 Å². The maximum Gasteiger partial charge on any atom is 0.106 e. The Bertz CT molecular complexity index is 580. The molecule has 0 amide bonds. The van der Waals surface area contributed by atoms with Crippen LogP contribution >= 0.6 is 0 Å². The number of aryl methyl sites for hydroxylation is 4. The lowest BCUT2D eigenvalue weighted by molar-refractivity contribution is 0.495. The summed E-state index contributed by atoms with van der Waals surface area (Å²) in [7, 11) is 1.97. The highest BCUT2D eigenvalue weighted by molar-refractivity contribution is 5.35. The minimum absolute atomic E-state index is 0.0439. The van der Waals surface area contributed by atoms with E-state index in [1.54, 1.807) is 0 Å². The predicted molar refractivity (Wildman–Crippen MR) is 76.1 cm³/mol. The number of furan rings is 1. The maximum atomic E-state index is 6.36. The molecule has 104 valence electrons. The molecule has 0 aromatic carbocycles. The molecule has 4 nitrogen and oxygen atoms in total. The van der Waals surface area contributed by atoms with Crippen molar-refractivity contribution in [1.29, 1.82) is 0 Å². The Morgan fingerprint density at radius 3 is 2.47 bits per heavy atom. The van der Waals surface area contributed by atoms with E-state index in [1.807, 2.05) is 25.6 Å². The van der Waals surface area contributed by atoms with Crippen LogP contribution in [0.1, 0.15) is 47.0 Å². The molecule has 2 aromatic rings. The highest BCUT2D eigenvalue weighted by Crippen LogP contribution is 2.27. The van der Waals surface area contributed by atoms with Gasteiger partial charge in [-0.15, -0.1) is 0 Å². The lowest BCUT2D eigenvalue weighted by atomic mass is 9.99. The lowest BCUT2D eigenvalue weighted by Crippen LogP contribution is -2.16. The summed E-state index contributed by atoms with van der Waals surface area (Å²) in [5, 5.41) is 4.46. The van der Waals surface area contributed by atoms with Gasteiger partial charge in [-0.05, 0) is 38.8 Å². The molecule has 2 rings (SSSR count). The third kappa shape index (κ3) is 2.59. The van der Waals surface area contributed by atoms with Gasteiger partial charge in [0.25, 0.3) is 0 Å². The van der Waals surface area contributed by atoms with Gasteiger partial charge in [-0.25, -0.2) is 0 Å². The fourth-order valence-electron chi connectivity index (χ4n) is 2.62. The van der Waals surface area contributed by atoms with Gasteiger partial charge in [0.05, 0.1) is 5.69 Å². The van der Waals surface area contributed by atoms with Crippen LogP contribution in [0.25, 0.3) is 0 Å². The molecule has 0 aliphatic carbocycles. The molecule has 1 unspecified atom stereocenters. The normalized spacial score (nSPS) is 12.9. The van der Waals surface area contributed by atoms with Crippen molar-refractivity contribution in [3.05, 3.63) is 40.1 Å². The van der Waals surface area contributed by atoms with Crippen LogP contribution in [0.3, 0.4) is 0 Å². The lowest BCUT2D eigenvalue weighted by Gasteiger charge is -2.12. The Kier molecular flexibility index (Phi) is 3.80. The van der Waals surface area contributed by atoms with Gasteiger partial charge >= 0.3 is 0 Å². The second kappa shape index (κ2) is 5.21. The molecular weight excluding hydrogens is 238 g/mol. The number of hydrogen-bond acceptors (Lipinski definition) is 3. The molecule has 0 fully saturated rings. The summed E-state index contributed by atoms with van der Waals surface area (Å²) < 4.78 is 7.59. The van der Waals surface area contributed by atoms with Crippen molar-refractivity contribution in [2.24, 2.45) is 12.8 Å². The SMILES string of the molecule is CCc1cc(CC(N)c2c(C)oc(C)c2C)n(C)n1. The van der Waals surface area contributed by atoms with Gasteiger partial charge in [-0.1, -0.05) is 6.92 Å². The van der Waals surface area contributed by atoms with E-state index >= 15 is 0 Å². The third-order valence-corrected chi connectivity index (χ3v) is 3.81. The van der Waals surface area contributed by atoms with Crippen molar-refractivity contribution < 1.29 is 4.42 Å². The monoisotopic (exact) mass is 261 g/mol. The first-order valence-electron chi connectivity index (χ1n) is 6.77. The van der Waals surface area contributed by atoms with Crippen molar-refractivity contribution in [3.63, 3.8) is 0 Å². The smallest absolute Gasteiger partial charge is 0.106 e. The highest BCUT2D eigenvalue weighted by atomic mass is 16.3. The molecule has 19 heavy (non-hydrogen) atoms. The van der Waals surface area contributed by atoms with Crippen LogP contribution in [-0.4, -0.2) is 9.78 Å². The van der Waals surface area contributed by atoms with Crippen LogP contribution in [0.2, 0.25) is 0 Å². The second-order valence-corrected chi connectivity index (χ2v) is 5.17. The molecule has 0 radical (unpaired) electrons. The Labute approximate surface area is 114 Å². The molecule has 0 aliphatic rings. The average molecular weight is 261 g/mol. The van der Waals surface area contributed by atoms with Crippen molar-refractivity contribution in [1.82, 2.24) is 9.78 Å². The topological polar surface area (TPSA) is 57.0 Å². The summed E-state index contributed by atoms with van der Waals surface area (Å²) >= 11 is 0. The number of rotatable bonds is 4. The zero-order valence-corrected chi connectivity index (χ0v) is 12.4. The van der Waals surface area contributed by atoms with Gasteiger partial charge in [0.2, 0.25) is 0 Å². The van der Waals surface area contributed by atoms with Crippen molar-refractivity contribution in [2.45, 2.75) is 46.6 Å². The van der Waals surface area contributed by atoms with E-state index in [0.29, 0.717) is 0 Å². The van der Waals surface area contributed by atoms with Gasteiger partial charge in [0.1, 0.15) is 11.5 Å². The Balaban J connectivity index is 2.25. The van der Waals surface area contributed by atoms with Crippen LogP contribution in [0, 0.1) is 20.8 Å². The van der Waals surface area contributed by atoms with Crippen molar-refractivity contribution in [2.75, 3.05) is 0 Å². The van der Waals surface area contributed by atoms with Gasteiger partial charge in [-0.2, -0.15) is 5.10 Å². The Morgan fingerprint density at radius 2 is 2.00 bits per heavy atom. The van der Waals surface area contributed by atoms with Gasteiger partial charge in [0, 0.05) is 30.8 Å². The van der Waals surface area contributed by atoms with E-state index in [0.717, 1.165) is 35.6 Å². The van der Waals surface area contributed by atoms with E-state index in [2.05, 4.69) is 25.0 Å². The fourth-order valence-corrected chi connectivity index (χ4v) is 2.62. The van der Waals surface area contributed by atoms with E-state index in [1.165, 1.54) is 11.3 Å². The fraction of sp³-hybridized carbons (Fsp3) is 0.533. The number of hydrogen-bond donors (Lipinski definition) is 1. The molecule has 0 saturated carbocycles. The summed E-state index contributed by atoms with van der Waals surface area (Å²) in [5.41, 5.74) is 10.9. The molecule has 2 N–H and O–H groups in total.